The number of carbonyl (C=O) groups excluding carboxylic acids is 1. The summed E-state index contributed by atoms with van der Waals surface area (Å²) in [4.78, 5) is 14.8. The first-order valence-corrected chi connectivity index (χ1v) is 8.82. The van der Waals surface area contributed by atoms with Crippen molar-refractivity contribution in [2.75, 3.05) is 26.7 Å². The van der Waals surface area contributed by atoms with Crippen LogP contribution in [0.25, 0.3) is 5.69 Å². The van der Waals surface area contributed by atoms with Crippen LogP contribution in [0.2, 0.25) is 0 Å². The molecule has 0 spiro atoms. The second-order valence-electron chi connectivity index (χ2n) is 6.89. The highest BCUT2D eigenvalue weighted by Crippen LogP contribution is 2.23. The number of hydrogen-bond acceptors (Lipinski definition) is 4. The standard InChI is InChI=1S/C19H26N4O2.ClH/c1-14(2)13-25-17-12-23(15-7-5-4-6-8-15)21-18(17)19(24)22(3)16-9-10-20-11-16;/h4-8,12,14,16,20H,9-11,13H2,1-3H3;1H. The zero-order chi connectivity index (χ0) is 17.8. The molecule has 0 aliphatic carbocycles. The predicted octanol–water partition coefficient (Wildman–Crippen LogP) is 2.76. The van der Waals surface area contributed by atoms with Crippen molar-refractivity contribution in [1.82, 2.24) is 20.0 Å². The molecule has 26 heavy (non-hydrogen) atoms. The minimum atomic E-state index is -0.0952. The van der Waals surface area contributed by atoms with Crippen LogP contribution in [-0.2, 0) is 0 Å². The Morgan fingerprint density at radius 3 is 2.73 bits per heavy atom. The van der Waals surface area contributed by atoms with Gasteiger partial charge in [-0.2, -0.15) is 5.10 Å². The Bertz CT molecular complexity index is 712. The minimum absolute atomic E-state index is 0. The van der Waals surface area contributed by atoms with Crippen molar-refractivity contribution in [3.63, 3.8) is 0 Å². The van der Waals surface area contributed by atoms with E-state index in [1.165, 1.54) is 0 Å². The quantitative estimate of drug-likeness (QED) is 0.839. The topological polar surface area (TPSA) is 59.4 Å². The van der Waals surface area contributed by atoms with Crippen molar-refractivity contribution in [2.24, 2.45) is 5.92 Å². The molecule has 6 nitrogen and oxygen atoms in total. The number of halogens is 1. The summed E-state index contributed by atoms with van der Waals surface area (Å²) in [7, 11) is 1.84. The number of likely N-dealkylation sites (N-methyl/N-ethyl adjacent to an activating group) is 1. The lowest BCUT2D eigenvalue weighted by molar-refractivity contribution is 0.0732. The van der Waals surface area contributed by atoms with Gasteiger partial charge in [-0.15, -0.1) is 12.4 Å². The van der Waals surface area contributed by atoms with E-state index in [1.807, 2.05) is 37.4 Å². The Balaban J connectivity index is 0.00000243. The van der Waals surface area contributed by atoms with Gasteiger partial charge in [0.15, 0.2) is 11.4 Å². The summed E-state index contributed by atoms with van der Waals surface area (Å²) < 4.78 is 7.60. The fourth-order valence-corrected chi connectivity index (χ4v) is 2.88. The first-order valence-electron chi connectivity index (χ1n) is 8.82. The highest BCUT2D eigenvalue weighted by atomic mass is 35.5. The maximum absolute atomic E-state index is 13.0. The Hall–Kier alpha value is -2.05. The molecule has 2 aromatic rings. The molecule has 0 radical (unpaired) electrons. The number of benzene rings is 1. The van der Waals surface area contributed by atoms with Gasteiger partial charge in [0.1, 0.15) is 0 Å². The molecule has 1 aromatic carbocycles. The van der Waals surface area contributed by atoms with Crippen molar-refractivity contribution in [3.05, 3.63) is 42.2 Å². The zero-order valence-corrected chi connectivity index (χ0v) is 16.3. The van der Waals surface area contributed by atoms with Crippen LogP contribution in [0, 0.1) is 5.92 Å². The largest absolute Gasteiger partial charge is 0.489 e. The summed E-state index contributed by atoms with van der Waals surface area (Å²) in [6, 6.07) is 9.96. The molecular weight excluding hydrogens is 352 g/mol. The van der Waals surface area contributed by atoms with E-state index in [0.29, 0.717) is 24.0 Å². The number of para-hydroxylation sites is 1. The van der Waals surface area contributed by atoms with Crippen molar-refractivity contribution in [1.29, 1.82) is 0 Å². The molecule has 0 bridgehead atoms. The maximum atomic E-state index is 13.0. The first-order chi connectivity index (χ1) is 12.1. The summed E-state index contributed by atoms with van der Waals surface area (Å²) >= 11 is 0. The average molecular weight is 379 g/mol. The molecule has 1 aliphatic heterocycles. The molecule has 1 saturated heterocycles. The van der Waals surface area contributed by atoms with Gasteiger partial charge in [-0.05, 0) is 31.0 Å². The molecule has 1 aliphatic rings. The van der Waals surface area contributed by atoms with Gasteiger partial charge in [0.25, 0.3) is 5.91 Å². The molecule has 0 saturated carbocycles. The van der Waals surface area contributed by atoms with Crippen molar-refractivity contribution >= 4 is 18.3 Å². The SMILES string of the molecule is CC(C)COc1cn(-c2ccccc2)nc1C(=O)N(C)C1CCNC1.Cl. The van der Waals surface area contributed by atoms with E-state index in [1.54, 1.807) is 15.8 Å². The number of amides is 1. The molecule has 1 aromatic heterocycles. The normalized spacial score (nSPS) is 16.4. The summed E-state index contributed by atoms with van der Waals surface area (Å²) in [5, 5.41) is 7.83. The summed E-state index contributed by atoms with van der Waals surface area (Å²) in [6.45, 7) is 6.48. The molecule has 7 heteroatoms. The number of aromatic nitrogens is 2. The second-order valence-corrected chi connectivity index (χ2v) is 6.89. The van der Waals surface area contributed by atoms with Crippen molar-refractivity contribution in [2.45, 2.75) is 26.3 Å². The molecule has 2 heterocycles. The van der Waals surface area contributed by atoms with E-state index < -0.39 is 0 Å². The van der Waals surface area contributed by atoms with Gasteiger partial charge in [0, 0.05) is 19.6 Å². The Kier molecular flexibility index (Phi) is 7.06. The van der Waals surface area contributed by atoms with E-state index in [-0.39, 0.29) is 24.4 Å². The lowest BCUT2D eigenvalue weighted by Crippen LogP contribution is -2.38. The fourth-order valence-electron chi connectivity index (χ4n) is 2.88. The van der Waals surface area contributed by atoms with Crippen LogP contribution in [0.4, 0.5) is 0 Å². The highest BCUT2D eigenvalue weighted by Gasteiger charge is 2.28. The Morgan fingerprint density at radius 1 is 1.38 bits per heavy atom. The van der Waals surface area contributed by atoms with Gasteiger partial charge in [-0.25, -0.2) is 4.68 Å². The third kappa shape index (κ3) is 4.56. The van der Waals surface area contributed by atoms with Crippen molar-refractivity contribution < 1.29 is 9.53 Å². The molecule has 1 fully saturated rings. The molecule has 1 N–H and O–H groups in total. The van der Waals surface area contributed by atoms with Crippen molar-refractivity contribution in [3.8, 4) is 11.4 Å². The van der Waals surface area contributed by atoms with Crippen LogP contribution in [0.1, 0.15) is 30.8 Å². The molecule has 1 amide bonds. The first kappa shape index (κ1) is 20.3. The second kappa shape index (κ2) is 9.05. The molecule has 142 valence electrons. The number of nitrogens with zero attached hydrogens (tertiary/aromatic N) is 3. The van der Waals surface area contributed by atoms with E-state index in [4.69, 9.17) is 4.74 Å². The third-order valence-corrected chi connectivity index (χ3v) is 4.38. The summed E-state index contributed by atoms with van der Waals surface area (Å²) in [5.74, 6) is 0.822. The third-order valence-electron chi connectivity index (χ3n) is 4.38. The Morgan fingerprint density at radius 2 is 2.12 bits per heavy atom. The number of rotatable bonds is 6. The summed E-state index contributed by atoms with van der Waals surface area (Å²) in [5.41, 5.74) is 1.28. The van der Waals surface area contributed by atoms with Crippen LogP contribution in [0.5, 0.6) is 5.75 Å². The predicted molar refractivity (Wildman–Crippen MR) is 105 cm³/mol. The van der Waals surface area contributed by atoms with Gasteiger partial charge in [-0.1, -0.05) is 32.0 Å². The molecule has 3 rings (SSSR count). The van der Waals surface area contributed by atoms with Crippen LogP contribution < -0.4 is 10.1 Å². The minimum Gasteiger partial charge on any atom is -0.489 e. The number of ether oxygens (including phenoxy) is 1. The number of nitrogens with one attached hydrogen (secondary N) is 1. The highest BCUT2D eigenvalue weighted by molar-refractivity contribution is 5.95. The smallest absolute Gasteiger partial charge is 0.278 e. The van der Waals surface area contributed by atoms with Gasteiger partial charge >= 0.3 is 0 Å². The van der Waals surface area contributed by atoms with Gasteiger partial charge in [0.05, 0.1) is 18.5 Å². The Labute approximate surface area is 160 Å². The van der Waals surface area contributed by atoms with E-state index in [9.17, 15) is 4.79 Å². The van der Waals surface area contributed by atoms with Gasteiger partial charge < -0.3 is 15.0 Å². The van der Waals surface area contributed by atoms with Crippen LogP contribution in [-0.4, -0.2) is 53.4 Å². The molecular formula is C19H27ClN4O2. The van der Waals surface area contributed by atoms with E-state index >= 15 is 0 Å². The number of carbonyl (C=O) groups is 1. The average Bonchev–Trinajstić information content (AvgIpc) is 3.29. The fraction of sp³-hybridized carbons (Fsp3) is 0.474. The van der Waals surface area contributed by atoms with Gasteiger partial charge in [0.2, 0.25) is 0 Å². The summed E-state index contributed by atoms with van der Waals surface area (Å²) in [6.07, 6.45) is 2.76. The van der Waals surface area contributed by atoms with Gasteiger partial charge in [-0.3, -0.25) is 4.79 Å². The van der Waals surface area contributed by atoms with Crippen LogP contribution in [0.15, 0.2) is 36.5 Å². The maximum Gasteiger partial charge on any atom is 0.278 e. The van der Waals surface area contributed by atoms with Crippen LogP contribution >= 0.6 is 12.4 Å². The lowest BCUT2D eigenvalue weighted by atomic mass is 10.2. The number of hydrogen-bond donors (Lipinski definition) is 1. The van der Waals surface area contributed by atoms with Crippen LogP contribution in [0.3, 0.4) is 0 Å². The molecule has 1 atom stereocenters. The molecule has 1 unspecified atom stereocenters. The zero-order valence-electron chi connectivity index (χ0n) is 15.5. The monoisotopic (exact) mass is 378 g/mol. The lowest BCUT2D eigenvalue weighted by Gasteiger charge is -2.23. The van der Waals surface area contributed by atoms with E-state index in [2.05, 4.69) is 24.3 Å². The van der Waals surface area contributed by atoms with E-state index in [0.717, 1.165) is 25.2 Å².